The Bertz CT molecular complexity index is 410. The summed E-state index contributed by atoms with van der Waals surface area (Å²) in [5.74, 6) is -0.194. The van der Waals surface area contributed by atoms with E-state index in [1.807, 2.05) is 0 Å². The minimum atomic E-state index is -1.06. The number of rotatable bonds is 4. The molecule has 0 spiro atoms. The molecule has 0 saturated heterocycles. The van der Waals surface area contributed by atoms with Crippen LogP contribution in [0.5, 0.6) is 0 Å². The van der Waals surface area contributed by atoms with E-state index in [1.54, 1.807) is 25.1 Å². The number of amides is 1. The van der Waals surface area contributed by atoms with Crippen LogP contribution in [0, 0.1) is 0 Å². The fourth-order valence-corrected chi connectivity index (χ4v) is 2.42. The molecule has 88 valence electrons. The first-order chi connectivity index (χ1) is 7.33. The first-order valence-electron chi connectivity index (χ1n) is 4.49. The zero-order chi connectivity index (χ0) is 12.3. The zero-order valence-corrected chi connectivity index (χ0v) is 11.0. The van der Waals surface area contributed by atoms with Gasteiger partial charge in [0.2, 0.25) is 5.91 Å². The lowest BCUT2D eigenvalue weighted by Crippen LogP contribution is -2.51. The van der Waals surface area contributed by atoms with Gasteiger partial charge in [0, 0.05) is 15.7 Å². The molecule has 0 aliphatic carbocycles. The van der Waals surface area contributed by atoms with Gasteiger partial charge in [-0.15, -0.1) is 11.8 Å². The topological polar surface area (TPSA) is 69.1 Å². The second-order valence-electron chi connectivity index (χ2n) is 3.65. The van der Waals surface area contributed by atoms with Crippen molar-refractivity contribution in [1.82, 2.24) is 0 Å². The zero-order valence-electron chi connectivity index (χ0n) is 8.67. The van der Waals surface area contributed by atoms with Crippen LogP contribution in [0.3, 0.4) is 0 Å². The van der Waals surface area contributed by atoms with Gasteiger partial charge in [-0.25, -0.2) is 0 Å². The number of hydrogen-bond acceptors (Lipinski definition) is 3. The third kappa shape index (κ3) is 3.56. The maximum atomic E-state index is 11.0. The third-order valence-corrected chi connectivity index (χ3v) is 4.05. The summed E-state index contributed by atoms with van der Waals surface area (Å²) in [4.78, 5) is 11.8. The largest absolute Gasteiger partial charge is 0.368 e. The SMILES string of the molecule is CC(N)(CSc1cc(Cl)ccc1Cl)C(N)=O. The average Bonchev–Trinajstić information content (AvgIpc) is 2.19. The number of carbonyl (C=O) groups excluding carboxylic acids is 1. The monoisotopic (exact) mass is 278 g/mol. The van der Waals surface area contributed by atoms with Crippen LogP contribution in [-0.4, -0.2) is 17.2 Å². The summed E-state index contributed by atoms with van der Waals surface area (Å²) in [5, 5.41) is 1.17. The molecule has 6 heteroatoms. The Labute approximate surface area is 108 Å². The van der Waals surface area contributed by atoms with Crippen molar-refractivity contribution in [2.75, 3.05) is 5.75 Å². The highest BCUT2D eigenvalue weighted by Crippen LogP contribution is 2.31. The van der Waals surface area contributed by atoms with Crippen LogP contribution in [0.15, 0.2) is 23.1 Å². The van der Waals surface area contributed by atoms with Crippen LogP contribution in [-0.2, 0) is 4.79 Å². The van der Waals surface area contributed by atoms with Crippen LogP contribution in [0.2, 0.25) is 10.0 Å². The van der Waals surface area contributed by atoms with E-state index in [2.05, 4.69) is 0 Å². The molecule has 1 unspecified atom stereocenters. The van der Waals surface area contributed by atoms with E-state index in [0.29, 0.717) is 15.8 Å². The molecule has 1 amide bonds. The second kappa shape index (κ2) is 5.27. The quantitative estimate of drug-likeness (QED) is 0.831. The molecule has 16 heavy (non-hydrogen) atoms. The molecular weight excluding hydrogens is 267 g/mol. The third-order valence-electron chi connectivity index (χ3n) is 1.98. The Morgan fingerprint density at radius 1 is 1.50 bits per heavy atom. The van der Waals surface area contributed by atoms with E-state index in [0.717, 1.165) is 4.90 Å². The Kier molecular flexibility index (Phi) is 4.50. The van der Waals surface area contributed by atoms with Gasteiger partial charge < -0.3 is 11.5 Å². The van der Waals surface area contributed by atoms with Crippen LogP contribution in [0.1, 0.15) is 6.92 Å². The van der Waals surface area contributed by atoms with Crippen molar-refractivity contribution in [2.24, 2.45) is 11.5 Å². The molecule has 0 fully saturated rings. The summed E-state index contributed by atoms with van der Waals surface area (Å²) in [5.41, 5.74) is 9.83. The molecular formula is C10H12Cl2N2OS. The van der Waals surface area contributed by atoms with Gasteiger partial charge >= 0.3 is 0 Å². The minimum Gasteiger partial charge on any atom is -0.368 e. The molecule has 0 aromatic heterocycles. The second-order valence-corrected chi connectivity index (χ2v) is 5.51. The van der Waals surface area contributed by atoms with E-state index >= 15 is 0 Å². The highest BCUT2D eigenvalue weighted by molar-refractivity contribution is 7.99. The number of thioether (sulfide) groups is 1. The molecule has 1 aromatic rings. The lowest BCUT2D eigenvalue weighted by atomic mass is 10.1. The maximum absolute atomic E-state index is 11.0. The van der Waals surface area contributed by atoms with Crippen molar-refractivity contribution in [1.29, 1.82) is 0 Å². The summed E-state index contributed by atoms with van der Waals surface area (Å²) < 4.78 is 0. The van der Waals surface area contributed by atoms with E-state index in [4.69, 9.17) is 34.7 Å². The van der Waals surface area contributed by atoms with Gasteiger partial charge in [0.1, 0.15) is 5.54 Å². The Balaban J connectivity index is 2.75. The van der Waals surface area contributed by atoms with Crippen LogP contribution in [0.25, 0.3) is 0 Å². The highest BCUT2D eigenvalue weighted by atomic mass is 35.5. The van der Waals surface area contributed by atoms with Gasteiger partial charge in [-0.1, -0.05) is 23.2 Å². The van der Waals surface area contributed by atoms with E-state index in [1.165, 1.54) is 11.8 Å². The summed E-state index contributed by atoms with van der Waals surface area (Å²) in [7, 11) is 0. The van der Waals surface area contributed by atoms with Crippen molar-refractivity contribution >= 4 is 40.9 Å². The Hall–Kier alpha value is -0.420. The van der Waals surface area contributed by atoms with Crippen LogP contribution < -0.4 is 11.5 Å². The fourth-order valence-electron chi connectivity index (χ4n) is 0.887. The number of primary amides is 1. The first kappa shape index (κ1) is 13.6. The summed E-state index contributed by atoms with van der Waals surface area (Å²) in [6.07, 6.45) is 0. The van der Waals surface area contributed by atoms with E-state index in [-0.39, 0.29) is 0 Å². The molecule has 1 atom stereocenters. The van der Waals surface area contributed by atoms with Crippen molar-refractivity contribution < 1.29 is 4.79 Å². The first-order valence-corrected chi connectivity index (χ1v) is 6.24. The van der Waals surface area contributed by atoms with E-state index in [9.17, 15) is 4.79 Å². The maximum Gasteiger partial charge on any atom is 0.238 e. The number of benzene rings is 1. The summed E-state index contributed by atoms with van der Waals surface area (Å²) in [6, 6.07) is 5.12. The van der Waals surface area contributed by atoms with Crippen LogP contribution >= 0.6 is 35.0 Å². The standard InChI is InChI=1S/C10H12Cl2N2OS/c1-10(14,9(13)15)5-16-8-4-6(11)2-3-7(8)12/h2-4H,5,14H2,1H3,(H2,13,15). The number of carbonyl (C=O) groups is 1. The van der Waals surface area contributed by atoms with Gasteiger partial charge in [-0.3, -0.25) is 4.79 Å². The predicted molar refractivity (Wildman–Crippen MR) is 69.0 cm³/mol. The number of halogens is 2. The predicted octanol–water partition coefficient (Wildman–Crippen LogP) is 2.29. The van der Waals surface area contributed by atoms with E-state index < -0.39 is 11.4 Å². The molecule has 0 heterocycles. The molecule has 0 radical (unpaired) electrons. The van der Waals surface area contributed by atoms with Crippen LogP contribution in [0.4, 0.5) is 0 Å². The van der Waals surface area contributed by atoms with Gasteiger partial charge in [0.15, 0.2) is 0 Å². The van der Waals surface area contributed by atoms with Gasteiger partial charge in [-0.2, -0.15) is 0 Å². The van der Waals surface area contributed by atoms with Gasteiger partial charge in [-0.05, 0) is 25.1 Å². The smallest absolute Gasteiger partial charge is 0.238 e. The molecule has 0 aliphatic heterocycles. The van der Waals surface area contributed by atoms with Crippen molar-refractivity contribution in [3.05, 3.63) is 28.2 Å². The van der Waals surface area contributed by atoms with Crippen molar-refractivity contribution in [3.63, 3.8) is 0 Å². The summed E-state index contributed by atoms with van der Waals surface area (Å²) >= 11 is 13.2. The van der Waals surface area contributed by atoms with Crippen molar-refractivity contribution in [2.45, 2.75) is 17.4 Å². The van der Waals surface area contributed by atoms with Gasteiger partial charge in [0.25, 0.3) is 0 Å². The number of nitrogens with two attached hydrogens (primary N) is 2. The Morgan fingerprint density at radius 2 is 2.12 bits per heavy atom. The summed E-state index contributed by atoms with van der Waals surface area (Å²) in [6.45, 7) is 1.58. The molecule has 0 aliphatic rings. The molecule has 4 N–H and O–H groups in total. The highest BCUT2D eigenvalue weighted by Gasteiger charge is 2.25. The molecule has 1 aromatic carbocycles. The fraction of sp³-hybridized carbons (Fsp3) is 0.300. The average molecular weight is 279 g/mol. The lowest BCUT2D eigenvalue weighted by Gasteiger charge is -2.19. The number of hydrogen-bond donors (Lipinski definition) is 2. The molecule has 3 nitrogen and oxygen atoms in total. The van der Waals surface area contributed by atoms with Crippen molar-refractivity contribution in [3.8, 4) is 0 Å². The molecule has 1 rings (SSSR count). The lowest BCUT2D eigenvalue weighted by molar-refractivity contribution is -0.121. The molecule has 0 bridgehead atoms. The van der Waals surface area contributed by atoms with Gasteiger partial charge in [0.05, 0.1) is 5.02 Å². The Morgan fingerprint density at radius 3 is 2.69 bits per heavy atom. The molecule has 0 saturated carbocycles. The minimum absolute atomic E-state index is 0.350. The normalized spacial score (nSPS) is 14.5.